The third-order valence-corrected chi connectivity index (χ3v) is 4.79. The fourth-order valence-electron chi connectivity index (χ4n) is 2.62. The summed E-state index contributed by atoms with van der Waals surface area (Å²) in [6.07, 6.45) is 1.04. The number of amides is 2. The second kappa shape index (κ2) is 7.57. The molecule has 2 rings (SSSR count). The molecule has 0 heterocycles. The van der Waals surface area contributed by atoms with Gasteiger partial charge in [0.05, 0.1) is 23.2 Å². The molecule has 8 heteroatoms. The molecule has 2 aromatic carbocycles. The number of nitrogens with zero attached hydrogens (tertiary/aromatic N) is 1. The van der Waals surface area contributed by atoms with Crippen molar-refractivity contribution in [3.05, 3.63) is 59.2 Å². The number of rotatable bonds is 6. The number of carbonyl (C=O) groups is 2. The Hall–Kier alpha value is -2.87. The molecule has 0 spiro atoms. The van der Waals surface area contributed by atoms with Crippen molar-refractivity contribution >= 4 is 33.2 Å². The topological polar surface area (TPSA) is 110 Å². The Bertz CT molecular complexity index is 934. The van der Waals surface area contributed by atoms with Gasteiger partial charge in [-0.05, 0) is 49.2 Å². The summed E-state index contributed by atoms with van der Waals surface area (Å²) in [6.45, 7) is 3.27. The number of anilines is 2. The van der Waals surface area contributed by atoms with Gasteiger partial charge in [0.1, 0.15) is 6.54 Å². The first kappa shape index (κ1) is 19.5. The Labute approximate surface area is 152 Å². The van der Waals surface area contributed by atoms with Crippen molar-refractivity contribution in [3.63, 3.8) is 0 Å². The molecule has 0 saturated heterocycles. The van der Waals surface area contributed by atoms with Crippen LogP contribution < -0.4 is 15.4 Å². The highest BCUT2D eigenvalue weighted by atomic mass is 32.2. The molecule has 0 radical (unpaired) electrons. The minimum atomic E-state index is -3.68. The van der Waals surface area contributed by atoms with Crippen molar-refractivity contribution < 1.29 is 18.0 Å². The van der Waals surface area contributed by atoms with E-state index in [1.807, 2.05) is 19.9 Å². The number of sulfonamides is 1. The van der Waals surface area contributed by atoms with Gasteiger partial charge in [0.25, 0.3) is 5.91 Å². The Morgan fingerprint density at radius 3 is 2.19 bits per heavy atom. The van der Waals surface area contributed by atoms with Gasteiger partial charge in [0, 0.05) is 0 Å². The number of hydrogen-bond donors (Lipinski definition) is 2. The second-order valence-electron chi connectivity index (χ2n) is 6.07. The van der Waals surface area contributed by atoms with E-state index in [4.69, 9.17) is 5.73 Å². The molecule has 0 aromatic heterocycles. The molecule has 138 valence electrons. The van der Waals surface area contributed by atoms with Crippen molar-refractivity contribution in [2.45, 2.75) is 13.8 Å². The van der Waals surface area contributed by atoms with E-state index in [9.17, 15) is 18.0 Å². The Kier molecular flexibility index (Phi) is 5.66. The van der Waals surface area contributed by atoms with Gasteiger partial charge in [0.15, 0.2) is 0 Å². The van der Waals surface area contributed by atoms with E-state index in [2.05, 4.69) is 5.32 Å². The van der Waals surface area contributed by atoms with Gasteiger partial charge in [-0.15, -0.1) is 0 Å². The van der Waals surface area contributed by atoms with E-state index in [1.54, 1.807) is 24.3 Å². The molecular weight excluding hydrogens is 354 g/mol. The van der Waals surface area contributed by atoms with E-state index >= 15 is 0 Å². The number of nitrogens with two attached hydrogens (primary N) is 1. The van der Waals surface area contributed by atoms with Gasteiger partial charge in [-0.25, -0.2) is 8.42 Å². The van der Waals surface area contributed by atoms with Crippen LogP contribution in [0, 0.1) is 13.8 Å². The predicted octanol–water partition coefficient (Wildman–Crippen LogP) is 1.81. The summed E-state index contributed by atoms with van der Waals surface area (Å²) in [4.78, 5) is 23.9. The van der Waals surface area contributed by atoms with Crippen LogP contribution >= 0.6 is 0 Å². The molecule has 0 bridgehead atoms. The number of para-hydroxylation sites is 1. The first-order chi connectivity index (χ1) is 12.1. The van der Waals surface area contributed by atoms with Crippen LogP contribution in [0.15, 0.2) is 42.5 Å². The molecule has 0 aliphatic rings. The fraction of sp³-hybridized carbons (Fsp3) is 0.222. The van der Waals surface area contributed by atoms with E-state index in [-0.39, 0.29) is 11.3 Å². The van der Waals surface area contributed by atoms with Crippen LogP contribution in [-0.4, -0.2) is 33.0 Å². The van der Waals surface area contributed by atoms with E-state index < -0.39 is 28.4 Å². The summed E-state index contributed by atoms with van der Waals surface area (Å²) in [5.41, 5.74) is 7.85. The van der Waals surface area contributed by atoms with Crippen LogP contribution in [0.3, 0.4) is 0 Å². The molecule has 0 atom stereocenters. The Morgan fingerprint density at radius 2 is 1.65 bits per heavy atom. The average molecular weight is 375 g/mol. The van der Waals surface area contributed by atoms with Crippen LogP contribution in [0.5, 0.6) is 0 Å². The number of hydrogen-bond acceptors (Lipinski definition) is 4. The molecular formula is C18H21N3O4S. The SMILES string of the molecule is Cc1cc(C)cc(N(CC(=O)Nc2ccccc2C(N)=O)S(C)(=O)=O)c1. The molecule has 2 aromatic rings. The maximum Gasteiger partial charge on any atom is 0.250 e. The van der Waals surface area contributed by atoms with Gasteiger partial charge in [-0.2, -0.15) is 0 Å². The molecule has 0 fully saturated rings. The van der Waals surface area contributed by atoms with Crippen molar-refractivity contribution in [2.75, 3.05) is 22.4 Å². The standard InChI is InChI=1S/C18H21N3O4S/c1-12-8-13(2)10-14(9-12)21(26(3,24)25)11-17(22)20-16-7-5-4-6-15(16)18(19)23/h4-10H,11H2,1-3H3,(H2,19,23)(H,20,22). The van der Waals surface area contributed by atoms with Gasteiger partial charge in [-0.1, -0.05) is 18.2 Å². The fourth-order valence-corrected chi connectivity index (χ4v) is 3.46. The summed E-state index contributed by atoms with van der Waals surface area (Å²) in [5.74, 6) is -1.27. The van der Waals surface area contributed by atoms with Crippen molar-refractivity contribution in [2.24, 2.45) is 5.73 Å². The Morgan fingerprint density at radius 1 is 1.08 bits per heavy atom. The third kappa shape index (κ3) is 4.82. The van der Waals surface area contributed by atoms with Gasteiger partial charge < -0.3 is 11.1 Å². The quantitative estimate of drug-likeness (QED) is 0.802. The van der Waals surface area contributed by atoms with Crippen LogP contribution in [0.2, 0.25) is 0 Å². The first-order valence-electron chi connectivity index (χ1n) is 7.82. The van der Waals surface area contributed by atoms with Crippen LogP contribution in [0.25, 0.3) is 0 Å². The molecule has 3 N–H and O–H groups in total. The predicted molar refractivity (Wildman–Crippen MR) is 102 cm³/mol. The maximum atomic E-state index is 12.4. The highest BCUT2D eigenvalue weighted by Crippen LogP contribution is 2.22. The summed E-state index contributed by atoms with van der Waals surface area (Å²) < 4.78 is 25.4. The normalized spacial score (nSPS) is 11.0. The lowest BCUT2D eigenvalue weighted by Gasteiger charge is -2.23. The van der Waals surface area contributed by atoms with Gasteiger partial charge >= 0.3 is 0 Å². The smallest absolute Gasteiger partial charge is 0.250 e. The largest absolute Gasteiger partial charge is 0.366 e. The number of benzene rings is 2. The summed E-state index contributed by atoms with van der Waals surface area (Å²) in [6, 6.07) is 11.6. The van der Waals surface area contributed by atoms with E-state index in [1.165, 1.54) is 12.1 Å². The minimum absolute atomic E-state index is 0.151. The highest BCUT2D eigenvalue weighted by Gasteiger charge is 2.22. The number of primary amides is 1. The lowest BCUT2D eigenvalue weighted by Crippen LogP contribution is -2.37. The Balaban J connectivity index is 2.30. The number of aryl methyl sites for hydroxylation is 2. The van der Waals surface area contributed by atoms with Crippen LogP contribution in [-0.2, 0) is 14.8 Å². The maximum absolute atomic E-state index is 12.4. The van der Waals surface area contributed by atoms with Crippen LogP contribution in [0.4, 0.5) is 11.4 Å². The molecule has 0 aliphatic heterocycles. The summed E-state index contributed by atoms with van der Waals surface area (Å²) in [5, 5.41) is 2.55. The molecule has 7 nitrogen and oxygen atoms in total. The van der Waals surface area contributed by atoms with Crippen molar-refractivity contribution in [1.29, 1.82) is 0 Å². The van der Waals surface area contributed by atoms with Crippen molar-refractivity contribution in [1.82, 2.24) is 0 Å². The second-order valence-corrected chi connectivity index (χ2v) is 7.98. The molecule has 26 heavy (non-hydrogen) atoms. The molecule has 0 saturated carbocycles. The zero-order valence-electron chi connectivity index (χ0n) is 14.8. The lowest BCUT2D eigenvalue weighted by molar-refractivity contribution is -0.114. The zero-order chi connectivity index (χ0) is 19.5. The van der Waals surface area contributed by atoms with Crippen LogP contribution in [0.1, 0.15) is 21.5 Å². The highest BCUT2D eigenvalue weighted by molar-refractivity contribution is 7.92. The summed E-state index contributed by atoms with van der Waals surface area (Å²) >= 11 is 0. The van der Waals surface area contributed by atoms with Gasteiger partial charge in [0.2, 0.25) is 15.9 Å². The third-order valence-electron chi connectivity index (χ3n) is 3.65. The van der Waals surface area contributed by atoms with Gasteiger partial charge in [-0.3, -0.25) is 13.9 Å². The number of carbonyl (C=O) groups excluding carboxylic acids is 2. The molecule has 0 aliphatic carbocycles. The van der Waals surface area contributed by atoms with E-state index in [0.29, 0.717) is 5.69 Å². The van der Waals surface area contributed by atoms with E-state index in [0.717, 1.165) is 21.7 Å². The zero-order valence-corrected chi connectivity index (χ0v) is 15.6. The summed E-state index contributed by atoms with van der Waals surface area (Å²) in [7, 11) is -3.68. The lowest BCUT2D eigenvalue weighted by atomic mass is 10.1. The monoisotopic (exact) mass is 375 g/mol. The molecule has 2 amide bonds. The minimum Gasteiger partial charge on any atom is -0.366 e. The number of nitrogens with one attached hydrogen (secondary N) is 1. The first-order valence-corrected chi connectivity index (χ1v) is 9.67. The molecule has 0 unspecified atom stereocenters. The van der Waals surface area contributed by atoms with Crippen molar-refractivity contribution in [3.8, 4) is 0 Å². The average Bonchev–Trinajstić information content (AvgIpc) is 2.50.